The summed E-state index contributed by atoms with van der Waals surface area (Å²) in [7, 11) is 0. The van der Waals surface area contributed by atoms with Gasteiger partial charge >= 0.3 is 5.97 Å². The quantitative estimate of drug-likeness (QED) is 0.614. The number of carbonyl (C=O) groups is 2. The van der Waals surface area contributed by atoms with Gasteiger partial charge in [-0.25, -0.2) is 4.79 Å². The van der Waals surface area contributed by atoms with Gasteiger partial charge in [0.05, 0.1) is 11.1 Å². The number of ether oxygens (including phenoxy) is 1. The molecule has 4 rings (SSSR count). The lowest BCUT2D eigenvalue weighted by molar-refractivity contribution is -0.138. The molecule has 2 aliphatic rings. The molecule has 1 aliphatic heterocycles. The molecule has 0 saturated carbocycles. The minimum atomic E-state index is -0.760. The molecule has 5 nitrogen and oxygen atoms in total. The second-order valence-electron chi connectivity index (χ2n) is 7.57. The van der Waals surface area contributed by atoms with Crippen LogP contribution < -0.4 is 0 Å². The van der Waals surface area contributed by atoms with Gasteiger partial charge in [-0.15, -0.1) is 0 Å². The third-order valence-corrected chi connectivity index (χ3v) is 5.67. The minimum absolute atomic E-state index is 0.0923. The second-order valence-corrected chi connectivity index (χ2v) is 7.57. The number of esters is 1. The number of hydrogen-bond donors (Lipinski definition) is 0. The predicted molar refractivity (Wildman–Crippen MR) is 104 cm³/mol. The zero-order chi connectivity index (χ0) is 18.8. The summed E-state index contributed by atoms with van der Waals surface area (Å²) >= 11 is 0. The fourth-order valence-corrected chi connectivity index (χ4v) is 4.25. The monoisotopic (exact) mass is 366 g/mol. The van der Waals surface area contributed by atoms with Crippen LogP contribution in [0.2, 0.25) is 0 Å². The SMILES string of the molecule is C[C@H](OC(=O)c1c2c(nc3ccccc13)CCCCC2)C(=O)N1CCCC1. The number of aromatic nitrogens is 1. The lowest BCUT2D eigenvalue weighted by Gasteiger charge is -2.21. The summed E-state index contributed by atoms with van der Waals surface area (Å²) in [5.74, 6) is -0.489. The number of benzene rings is 1. The van der Waals surface area contributed by atoms with Gasteiger partial charge in [-0.3, -0.25) is 9.78 Å². The number of rotatable bonds is 3. The van der Waals surface area contributed by atoms with E-state index in [0.29, 0.717) is 5.56 Å². The molecule has 0 bridgehead atoms. The number of nitrogens with zero attached hydrogens (tertiary/aromatic N) is 2. The Balaban J connectivity index is 1.68. The van der Waals surface area contributed by atoms with E-state index in [1.165, 1.54) is 0 Å². The average molecular weight is 366 g/mol. The molecule has 27 heavy (non-hydrogen) atoms. The van der Waals surface area contributed by atoms with Crippen LogP contribution in [0.3, 0.4) is 0 Å². The molecule has 1 aliphatic carbocycles. The Labute approximate surface area is 159 Å². The molecule has 0 radical (unpaired) electrons. The van der Waals surface area contributed by atoms with Crippen molar-refractivity contribution in [3.8, 4) is 0 Å². The first kappa shape index (κ1) is 18.0. The van der Waals surface area contributed by atoms with Crippen molar-refractivity contribution >= 4 is 22.8 Å². The summed E-state index contributed by atoms with van der Waals surface area (Å²) in [6.07, 6.45) is 6.31. The summed E-state index contributed by atoms with van der Waals surface area (Å²) in [5, 5.41) is 0.823. The minimum Gasteiger partial charge on any atom is -0.449 e. The Bertz CT molecular complexity index is 871. The van der Waals surface area contributed by atoms with Crippen molar-refractivity contribution in [1.82, 2.24) is 9.88 Å². The van der Waals surface area contributed by atoms with Crippen molar-refractivity contribution in [2.75, 3.05) is 13.1 Å². The first-order valence-electron chi connectivity index (χ1n) is 10.1. The Hall–Kier alpha value is -2.43. The highest BCUT2D eigenvalue weighted by atomic mass is 16.5. The molecule has 142 valence electrons. The summed E-state index contributed by atoms with van der Waals surface area (Å²) in [4.78, 5) is 32.3. The Morgan fingerprint density at radius 3 is 2.59 bits per heavy atom. The van der Waals surface area contributed by atoms with Crippen molar-refractivity contribution in [3.63, 3.8) is 0 Å². The molecule has 1 saturated heterocycles. The lowest BCUT2D eigenvalue weighted by atomic mass is 9.97. The zero-order valence-electron chi connectivity index (χ0n) is 15.9. The van der Waals surface area contributed by atoms with Gasteiger partial charge in [0.25, 0.3) is 5.91 Å². The highest BCUT2D eigenvalue weighted by Gasteiger charge is 2.29. The average Bonchev–Trinajstić information content (AvgIpc) is 3.11. The van der Waals surface area contributed by atoms with Crippen molar-refractivity contribution in [1.29, 1.82) is 0 Å². The third-order valence-electron chi connectivity index (χ3n) is 5.67. The molecule has 2 aromatic rings. The van der Waals surface area contributed by atoms with Crippen LogP contribution in [0.4, 0.5) is 0 Å². The van der Waals surface area contributed by atoms with Gasteiger partial charge in [0.2, 0.25) is 0 Å². The molecule has 1 atom stereocenters. The van der Waals surface area contributed by atoms with Crippen LogP contribution in [-0.2, 0) is 22.4 Å². The van der Waals surface area contributed by atoms with Crippen LogP contribution in [0.1, 0.15) is 60.6 Å². The van der Waals surface area contributed by atoms with Crippen LogP contribution in [-0.4, -0.2) is 41.0 Å². The molecular weight excluding hydrogens is 340 g/mol. The van der Waals surface area contributed by atoms with Gasteiger partial charge in [-0.05, 0) is 57.1 Å². The van der Waals surface area contributed by atoms with Crippen molar-refractivity contribution < 1.29 is 14.3 Å². The molecule has 2 heterocycles. The van der Waals surface area contributed by atoms with E-state index < -0.39 is 12.1 Å². The fourth-order valence-electron chi connectivity index (χ4n) is 4.25. The summed E-state index contributed by atoms with van der Waals surface area (Å²) in [6.45, 7) is 3.20. The van der Waals surface area contributed by atoms with Gasteiger partial charge in [0.15, 0.2) is 6.10 Å². The van der Waals surface area contributed by atoms with E-state index in [-0.39, 0.29) is 5.91 Å². The van der Waals surface area contributed by atoms with Gasteiger partial charge in [0.1, 0.15) is 0 Å². The number of aryl methyl sites for hydroxylation is 1. The fraction of sp³-hybridized carbons (Fsp3) is 0.500. The van der Waals surface area contributed by atoms with E-state index in [1.807, 2.05) is 24.3 Å². The van der Waals surface area contributed by atoms with Crippen molar-refractivity contribution in [2.24, 2.45) is 0 Å². The molecule has 5 heteroatoms. The van der Waals surface area contributed by atoms with E-state index >= 15 is 0 Å². The van der Waals surface area contributed by atoms with Crippen molar-refractivity contribution in [2.45, 2.75) is 58.0 Å². The summed E-state index contributed by atoms with van der Waals surface area (Å²) < 4.78 is 5.67. The highest BCUT2D eigenvalue weighted by molar-refractivity contribution is 6.05. The van der Waals surface area contributed by atoms with Crippen LogP contribution in [0.5, 0.6) is 0 Å². The first-order chi connectivity index (χ1) is 13.1. The van der Waals surface area contributed by atoms with Crippen LogP contribution in [0.25, 0.3) is 10.9 Å². The standard InChI is InChI=1S/C22H26N2O3/c1-15(21(25)24-13-7-8-14-24)27-22(26)20-16-9-3-2-4-11-18(16)23-19-12-6-5-10-17(19)20/h5-6,10,12,15H,2-4,7-9,11,13-14H2,1H3/t15-/m0/s1. The number of para-hydroxylation sites is 1. The number of likely N-dealkylation sites (tertiary alicyclic amines) is 1. The Morgan fingerprint density at radius 2 is 1.78 bits per heavy atom. The van der Waals surface area contributed by atoms with Gasteiger partial charge in [0, 0.05) is 24.2 Å². The number of fused-ring (bicyclic) bond motifs is 2. The number of pyridine rings is 1. The smallest absolute Gasteiger partial charge is 0.339 e. The lowest BCUT2D eigenvalue weighted by Crippen LogP contribution is -2.38. The predicted octanol–water partition coefficient (Wildman–Crippen LogP) is 3.67. The zero-order valence-corrected chi connectivity index (χ0v) is 15.9. The molecule has 0 spiro atoms. The van der Waals surface area contributed by atoms with E-state index in [2.05, 4.69) is 0 Å². The number of amides is 1. The molecule has 0 unspecified atom stereocenters. The molecule has 1 aromatic heterocycles. The summed E-state index contributed by atoms with van der Waals surface area (Å²) in [6, 6.07) is 7.73. The van der Waals surface area contributed by atoms with Crippen LogP contribution in [0.15, 0.2) is 24.3 Å². The number of carbonyl (C=O) groups excluding carboxylic acids is 2. The topological polar surface area (TPSA) is 59.5 Å². The maximum absolute atomic E-state index is 13.2. The maximum atomic E-state index is 13.2. The largest absolute Gasteiger partial charge is 0.449 e. The van der Waals surface area contributed by atoms with E-state index in [1.54, 1.807) is 11.8 Å². The third kappa shape index (κ3) is 3.55. The normalized spacial score (nSPS) is 18.0. The summed E-state index contributed by atoms with van der Waals surface area (Å²) in [5.41, 5.74) is 3.45. The molecule has 1 amide bonds. The Kier molecular flexibility index (Phi) is 5.10. The van der Waals surface area contributed by atoms with E-state index in [9.17, 15) is 9.59 Å². The van der Waals surface area contributed by atoms with Gasteiger partial charge < -0.3 is 9.64 Å². The van der Waals surface area contributed by atoms with Crippen LogP contribution in [0, 0.1) is 0 Å². The van der Waals surface area contributed by atoms with E-state index in [4.69, 9.17) is 9.72 Å². The Morgan fingerprint density at radius 1 is 1.04 bits per heavy atom. The van der Waals surface area contributed by atoms with Gasteiger partial charge in [-0.1, -0.05) is 24.6 Å². The maximum Gasteiger partial charge on any atom is 0.339 e. The second kappa shape index (κ2) is 7.67. The number of hydrogen-bond acceptors (Lipinski definition) is 4. The van der Waals surface area contributed by atoms with E-state index in [0.717, 1.165) is 80.2 Å². The highest BCUT2D eigenvalue weighted by Crippen LogP contribution is 2.29. The molecule has 1 fully saturated rings. The van der Waals surface area contributed by atoms with Crippen molar-refractivity contribution in [3.05, 3.63) is 41.1 Å². The molecular formula is C22H26N2O3. The molecule has 0 N–H and O–H groups in total. The first-order valence-corrected chi connectivity index (χ1v) is 10.1. The van der Waals surface area contributed by atoms with Crippen LogP contribution >= 0.6 is 0 Å². The molecule has 1 aromatic carbocycles. The van der Waals surface area contributed by atoms with Gasteiger partial charge in [-0.2, -0.15) is 0 Å².